The van der Waals surface area contributed by atoms with E-state index in [0.29, 0.717) is 12.1 Å². The highest BCUT2D eigenvalue weighted by molar-refractivity contribution is 5.85. The average Bonchev–Trinajstić information content (AvgIpc) is 2.46. The van der Waals surface area contributed by atoms with E-state index < -0.39 is 17.9 Å². The first-order chi connectivity index (χ1) is 11.1. The second-order valence-corrected chi connectivity index (χ2v) is 5.79. The first-order valence-electron chi connectivity index (χ1n) is 7.48. The molecule has 142 valence electrons. The van der Waals surface area contributed by atoms with E-state index in [-0.39, 0.29) is 23.9 Å². The van der Waals surface area contributed by atoms with Crippen LogP contribution in [0.25, 0.3) is 0 Å². The monoisotopic (exact) mass is 375 g/mol. The molecule has 2 amide bonds. The molecule has 1 atom stereocenters. The summed E-state index contributed by atoms with van der Waals surface area (Å²) in [4.78, 5) is 26.1. The van der Waals surface area contributed by atoms with Gasteiger partial charge in [-0.3, -0.25) is 5.32 Å². The zero-order valence-electron chi connectivity index (χ0n) is 15.3. The summed E-state index contributed by atoms with van der Waals surface area (Å²) >= 11 is 0. The number of ether oxygens (including phenoxy) is 2. The van der Waals surface area contributed by atoms with Crippen LogP contribution in [0.4, 0.5) is 9.59 Å². The maximum Gasteiger partial charge on any atom is 0.414 e. The predicted octanol–water partition coefficient (Wildman–Crippen LogP) is 2.00. The number of carbonyl (C=O) groups excluding carboxylic acids is 2. The molecule has 25 heavy (non-hydrogen) atoms. The highest BCUT2D eigenvalue weighted by atomic mass is 35.5. The fraction of sp³-hybridized carbons (Fsp3) is 0.500. The number of benzene rings is 1. The molecule has 9 heteroatoms. The van der Waals surface area contributed by atoms with Crippen molar-refractivity contribution in [2.75, 3.05) is 34.7 Å². The lowest BCUT2D eigenvalue weighted by atomic mass is 10.0. The molecule has 0 aliphatic carbocycles. The molecule has 0 saturated carbocycles. The first kappa shape index (κ1) is 23.0. The maximum absolute atomic E-state index is 11.9. The molecule has 1 rings (SSSR count). The van der Waals surface area contributed by atoms with Crippen molar-refractivity contribution in [1.29, 1.82) is 0 Å². The van der Waals surface area contributed by atoms with Gasteiger partial charge in [-0.1, -0.05) is 6.92 Å². The smallest absolute Gasteiger partial charge is 0.410 e. The van der Waals surface area contributed by atoms with E-state index in [0.717, 1.165) is 0 Å². The van der Waals surface area contributed by atoms with Crippen LogP contribution in [-0.4, -0.2) is 61.8 Å². The number of aliphatic hydroxyl groups is 1. The number of amides is 2. The first-order valence-corrected chi connectivity index (χ1v) is 7.48. The van der Waals surface area contributed by atoms with Gasteiger partial charge in [0.25, 0.3) is 0 Å². The summed E-state index contributed by atoms with van der Waals surface area (Å²) in [5.41, 5.74) is -1.06. The van der Waals surface area contributed by atoms with E-state index in [4.69, 9.17) is 9.47 Å². The van der Waals surface area contributed by atoms with Crippen LogP contribution in [0.3, 0.4) is 0 Å². The number of nitrogens with zero attached hydrogens (tertiary/aromatic N) is 2. The Morgan fingerprint density at radius 2 is 1.64 bits per heavy atom. The van der Waals surface area contributed by atoms with Gasteiger partial charge in [-0.05, 0) is 25.6 Å². The van der Waals surface area contributed by atoms with Crippen molar-refractivity contribution in [2.24, 2.45) is 0 Å². The van der Waals surface area contributed by atoms with Crippen LogP contribution in [0, 0.1) is 0 Å². The summed E-state index contributed by atoms with van der Waals surface area (Å²) in [7, 11) is 6.19. The van der Waals surface area contributed by atoms with Crippen molar-refractivity contribution < 1.29 is 24.2 Å². The molecule has 0 saturated heterocycles. The van der Waals surface area contributed by atoms with Crippen LogP contribution in [-0.2, 0) is 5.72 Å². The molecule has 1 unspecified atom stereocenters. The van der Waals surface area contributed by atoms with Gasteiger partial charge in [-0.15, -0.1) is 12.4 Å². The zero-order chi connectivity index (χ0) is 18.5. The molecule has 0 aliphatic heterocycles. The largest absolute Gasteiger partial charge is 0.414 e. The van der Waals surface area contributed by atoms with Gasteiger partial charge in [0.05, 0.1) is 0 Å². The van der Waals surface area contributed by atoms with Gasteiger partial charge in [0.2, 0.25) is 0 Å². The number of rotatable bonds is 5. The summed E-state index contributed by atoms with van der Waals surface area (Å²) in [5.74, 6) is 0.301. The minimum absolute atomic E-state index is 0. The molecule has 2 N–H and O–H groups in total. The third-order valence-electron chi connectivity index (χ3n) is 3.13. The Morgan fingerprint density at radius 3 is 2.12 bits per heavy atom. The van der Waals surface area contributed by atoms with E-state index in [1.165, 1.54) is 21.9 Å². The van der Waals surface area contributed by atoms with Gasteiger partial charge in [-0.2, -0.15) is 0 Å². The van der Waals surface area contributed by atoms with Gasteiger partial charge in [0.1, 0.15) is 17.2 Å². The number of hydrogen-bond donors (Lipinski definition) is 2. The molecule has 1 aromatic rings. The molecule has 0 fully saturated rings. The van der Waals surface area contributed by atoms with Crippen molar-refractivity contribution >= 4 is 24.6 Å². The summed E-state index contributed by atoms with van der Waals surface area (Å²) in [6.45, 7) is 3.89. The van der Waals surface area contributed by atoms with E-state index in [1.54, 1.807) is 41.2 Å². The summed E-state index contributed by atoms with van der Waals surface area (Å²) in [5, 5.41) is 13.4. The SMILES string of the molecule is CCNC(C)(O)c1ccc(OC(=O)N(C)C)cc1OC(=O)N(C)C.Cl. The van der Waals surface area contributed by atoms with Crippen LogP contribution in [0.5, 0.6) is 11.5 Å². The minimum Gasteiger partial charge on any atom is -0.410 e. The fourth-order valence-corrected chi connectivity index (χ4v) is 1.87. The van der Waals surface area contributed by atoms with Gasteiger partial charge in [0, 0.05) is 39.8 Å². The standard InChI is InChI=1S/C16H25N3O5.ClH/c1-7-17-16(2,22)12-9-8-11(23-14(20)18(3)4)10-13(12)24-15(21)19(5)6;/h8-10,17,22H,7H2,1-6H3;1H. The van der Waals surface area contributed by atoms with Crippen molar-refractivity contribution in [3.63, 3.8) is 0 Å². The third-order valence-corrected chi connectivity index (χ3v) is 3.13. The summed E-state index contributed by atoms with van der Waals surface area (Å²) in [6.07, 6.45) is -1.18. The summed E-state index contributed by atoms with van der Waals surface area (Å²) in [6, 6.07) is 4.46. The fourth-order valence-electron chi connectivity index (χ4n) is 1.87. The van der Waals surface area contributed by atoms with Crippen LogP contribution in [0.15, 0.2) is 18.2 Å². The van der Waals surface area contributed by atoms with E-state index in [2.05, 4.69) is 5.32 Å². The minimum atomic E-state index is -1.42. The maximum atomic E-state index is 11.9. The van der Waals surface area contributed by atoms with E-state index in [1.807, 2.05) is 6.92 Å². The number of halogens is 1. The van der Waals surface area contributed by atoms with Gasteiger partial charge in [0.15, 0.2) is 0 Å². The highest BCUT2D eigenvalue weighted by Crippen LogP contribution is 2.32. The zero-order valence-corrected chi connectivity index (χ0v) is 16.1. The van der Waals surface area contributed by atoms with Crippen molar-refractivity contribution in [3.8, 4) is 11.5 Å². The van der Waals surface area contributed by atoms with E-state index in [9.17, 15) is 14.7 Å². The second-order valence-electron chi connectivity index (χ2n) is 5.79. The molecular weight excluding hydrogens is 350 g/mol. The molecule has 0 heterocycles. The number of hydrogen-bond acceptors (Lipinski definition) is 6. The lowest BCUT2D eigenvalue weighted by molar-refractivity contribution is 0.0197. The van der Waals surface area contributed by atoms with Crippen LogP contribution in [0.2, 0.25) is 0 Å². The third kappa shape index (κ3) is 6.41. The quantitative estimate of drug-likeness (QED) is 0.765. The van der Waals surface area contributed by atoms with Crippen LogP contribution >= 0.6 is 12.4 Å². The van der Waals surface area contributed by atoms with Gasteiger partial charge in [-0.25, -0.2) is 9.59 Å². The van der Waals surface area contributed by atoms with Gasteiger partial charge >= 0.3 is 12.2 Å². The molecule has 1 aromatic carbocycles. The Bertz CT molecular complexity index is 605. The second kappa shape index (κ2) is 9.45. The predicted molar refractivity (Wildman–Crippen MR) is 96.4 cm³/mol. The van der Waals surface area contributed by atoms with Crippen LogP contribution < -0.4 is 14.8 Å². The van der Waals surface area contributed by atoms with E-state index >= 15 is 0 Å². The molecule has 0 bridgehead atoms. The molecular formula is C16H26ClN3O5. The summed E-state index contributed by atoms with van der Waals surface area (Å²) < 4.78 is 10.5. The normalized spacial score (nSPS) is 12.4. The Kier molecular flexibility index (Phi) is 8.68. The molecule has 0 spiro atoms. The van der Waals surface area contributed by atoms with Crippen molar-refractivity contribution in [3.05, 3.63) is 23.8 Å². The Morgan fingerprint density at radius 1 is 1.12 bits per heavy atom. The van der Waals surface area contributed by atoms with Crippen LogP contribution in [0.1, 0.15) is 19.4 Å². The Labute approximate surface area is 154 Å². The Balaban J connectivity index is 0.00000576. The van der Waals surface area contributed by atoms with Gasteiger partial charge < -0.3 is 24.4 Å². The van der Waals surface area contributed by atoms with Crippen molar-refractivity contribution in [1.82, 2.24) is 15.1 Å². The Hall–Kier alpha value is -2.03. The number of nitrogens with one attached hydrogen (secondary N) is 1. The average molecular weight is 376 g/mol. The molecule has 0 radical (unpaired) electrons. The molecule has 8 nitrogen and oxygen atoms in total. The lowest BCUT2D eigenvalue weighted by Gasteiger charge is -2.27. The molecule has 0 aliphatic rings. The number of carbonyl (C=O) groups is 2. The highest BCUT2D eigenvalue weighted by Gasteiger charge is 2.28. The lowest BCUT2D eigenvalue weighted by Crippen LogP contribution is -2.40. The topological polar surface area (TPSA) is 91.3 Å². The molecule has 0 aromatic heterocycles. The van der Waals surface area contributed by atoms with Crippen molar-refractivity contribution in [2.45, 2.75) is 19.6 Å².